The summed E-state index contributed by atoms with van der Waals surface area (Å²) in [4.78, 5) is 21.4. The first-order valence-corrected chi connectivity index (χ1v) is 13.3. The maximum atomic E-state index is 12.2. The number of rotatable bonds is 14. The van der Waals surface area contributed by atoms with Crippen molar-refractivity contribution in [2.24, 2.45) is 5.92 Å². The summed E-state index contributed by atoms with van der Waals surface area (Å²) in [5.74, 6) is -0.0257. The number of aromatic nitrogens is 2. The average molecular weight is 484 g/mol. The van der Waals surface area contributed by atoms with Crippen molar-refractivity contribution in [2.75, 3.05) is 0 Å². The molecule has 1 aromatic heterocycles. The highest BCUT2D eigenvalue weighted by Crippen LogP contribution is 2.26. The van der Waals surface area contributed by atoms with Crippen LogP contribution in [0.4, 0.5) is 0 Å². The van der Waals surface area contributed by atoms with Gasteiger partial charge in [0.15, 0.2) is 5.82 Å². The standard InChI is InChI=1S/C31H37N3O2/c1-3-5-7-8-9-10-11-24-22-33-30(34-23-24)27-15-13-25(14-16-27)26-17-19-29(20-18-26)36-31(35)28(21-32)12-6-4-2/h13-20,22-23,28H,3-12H2,1-2H3/t28-/m0/s1. The van der Waals surface area contributed by atoms with Gasteiger partial charge in [-0.2, -0.15) is 5.26 Å². The van der Waals surface area contributed by atoms with Crippen LogP contribution >= 0.6 is 0 Å². The normalized spacial score (nSPS) is 11.6. The molecule has 1 atom stereocenters. The summed E-state index contributed by atoms with van der Waals surface area (Å²) in [5.41, 5.74) is 4.23. The zero-order valence-electron chi connectivity index (χ0n) is 21.6. The molecule has 0 amide bonds. The molecule has 0 saturated heterocycles. The average Bonchev–Trinajstić information content (AvgIpc) is 2.92. The molecule has 0 aliphatic rings. The Bertz CT molecular complexity index is 1100. The summed E-state index contributed by atoms with van der Waals surface area (Å²) in [6.07, 6.45) is 14.9. The van der Waals surface area contributed by atoms with Crippen LogP contribution in [0.5, 0.6) is 5.75 Å². The summed E-state index contributed by atoms with van der Waals surface area (Å²) in [6, 6.07) is 17.5. The third-order valence-corrected chi connectivity index (χ3v) is 6.36. The van der Waals surface area contributed by atoms with Gasteiger partial charge in [0.2, 0.25) is 0 Å². The molecule has 1 heterocycles. The van der Waals surface area contributed by atoms with Gasteiger partial charge < -0.3 is 4.74 Å². The Balaban J connectivity index is 1.54. The maximum Gasteiger partial charge on any atom is 0.328 e. The fourth-order valence-electron chi connectivity index (χ4n) is 4.10. The Morgan fingerprint density at radius 3 is 1.97 bits per heavy atom. The summed E-state index contributed by atoms with van der Waals surface area (Å²) in [6.45, 7) is 4.28. The number of aryl methyl sites for hydroxylation is 1. The fraction of sp³-hybridized carbons (Fsp3) is 0.419. The van der Waals surface area contributed by atoms with Gasteiger partial charge in [-0.3, -0.25) is 4.79 Å². The highest BCUT2D eigenvalue weighted by molar-refractivity contribution is 5.78. The van der Waals surface area contributed by atoms with E-state index in [9.17, 15) is 10.1 Å². The largest absolute Gasteiger partial charge is 0.426 e. The first kappa shape index (κ1) is 27.1. The van der Waals surface area contributed by atoms with E-state index in [4.69, 9.17) is 4.74 Å². The molecule has 0 unspecified atom stereocenters. The minimum atomic E-state index is -0.719. The third-order valence-electron chi connectivity index (χ3n) is 6.36. The lowest BCUT2D eigenvalue weighted by Gasteiger charge is -2.10. The number of unbranched alkanes of at least 4 members (excludes halogenated alkanes) is 6. The molecular weight excluding hydrogens is 446 g/mol. The molecule has 0 spiro atoms. The third kappa shape index (κ3) is 8.30. The SMILES string of the molecule is CCCCCCCCc1cnc(-c2ccc(-c3ccc(OC(=O)[C@H](C#N)CCCC)cc3)cc2)nc1. The zero-order chi connectivity index (χ0) is 25.6. The van der Waals surface area contributed by atoms with E-state index in [0.717, 1.165) is 41.8 Å². The summed E-state index contributed by atoms with van der Waals surface area (Å²) in [5, 5.41) is 9.22. The molecule has 2 aromatic carbocycles. The van der Waals surface area contributed by atoms with Crippen LogP contribution in [0.25, 0.3) is 22.5 Å². The van der Waals surface area contributed by atoms with E-state index in [1.807, 2.05) is 61.8 Å². The van der Waals surface area contributed by atoms with Gasteiger partial charge in [0.05, 0.1) is 6.07 Å². The summed E-state index contributed by atoms with van der Waals surface area (Å²) < 4.78 is 5.41. The molecule has 0 aliphatic heterocycles. The Labute approximate surface area is 215 Å². The topological polar surface area (TPSA) is 75.9 Å². The maximum absolute atomic E-state index is 12.2. The second-order valence-corrected chi connectivity index (χ2v) is 9.28. The number of ether oxygens (including phenoxy) is 1. The molecule has 3 aromatic rings. The van der Waals surface area contributed by atoms with Crippen molar-refractivity contribution in [1.29, 1.82) is 5.26 Å². The number of hydrogen-bond acceptors (Lipinski definition) is 5. The lowest BCUT2D eigenvalue weighted by atomic mass is 10.0. The summed E-state index contributed by atoms with van der Waals surface area (Å²) >= 11 is 0. The second-order valence-electron chi connectivity index (χ2n) is 9.28. The van der Waals surface area contributed by atoms with Crippen LogP contribution in [0, 0.1) is 17.2 Å². The monoisotopic (exact) mass is 483 g/mol. The van der Waals surface area contributed by atoms with Crippen LogP contribution in [0.3, 0.4) is 0 Å². The highest BCUT2D eigenvalue weighted by atomic mass is 16.5. The minimum Gasteiger partial charge on any atom is -0.426 e. The predicted molar refractivity (Wildman–Crippen MR) is 144 cm³/mol. The van der Waals surface area contributed by atoms with Gasteiger partial charge in [0, 0.05) is 18.0 Å². The molecule has 36 heavy (non-hydrogen) atoms. The van der Waals surface area contributed by atoms with Crippen LogP contribution in [0.2, 0.25) is 0 Å². The first-order valence-electron chi connectivity index (χ1n) is 13.3. The minimum absolute atomic E-state index is 0.451. The number of esters is 1. The van der Waals surface area contributed by atoms with Crippen LogP contribution in [-0.2, 0) is 11.2 Å². The van der Waals surface area contributed by atoms with Crippen LogP contribution in [0.1, 0.15) is 77.2 Å². The van der Waals surface area contributed by atoms with Crippen molar-refractivity contribution in [3.8, 4) is 34.3 Å². The zero-order valence-corrected chi connectivity index (χ0v) is 21.6. The van der Waals surface area contributed by atoms with Crippen molar-refractivity contribution in [3.05, 3.63) is 66.5 Å². The van der Waals surface area contributed by atoms with Gasteiger partial charge in [-0.1, -0.05) is 95.2 Å². The van der Waals surface area contributed by atoms with Gasteiger partial charge in [-0.15, -0.1) is 0 Å². The van der Waals surface area contributed by atoms with Crippen LogP contribution < -0.4 is 4.74 Å². The van der Waals surface area contributed by atoms with Gasteiger partial charge in [0.1, 0.15) is 11.7 Å². The van der Waals surface area contributed by atoms with Crippen molar-refractivity contribution in [2.45, 2.75) is 78.1 Å². The van der Waals surface area contributed by atoms with Crippen molar-refractivity contribution >= 4 is 5.97 Å². The molecule has 5 heteroatoms. The van der Waals surface area contributed by atoms with Gasteiger partial charge >= 0.3 is 5.97 Å². The Hall–Kier alpha value is -3.52. The van der Waals surface area contributed by atoms with Gasteiger partial charge in [-0.25, -0.2) is 9.97 Å². The van der Waals surface area contributed by atoms with Crippen LogP contribution in [0.15, 0.2) is 60.9 Å². The fourth-order valence-corrected chi connectivity index (χ4v) is 4.10. The van der Waals surface area contributed by atoms with Crippen molar-refractivity contribution in [3.63, 3.8) is 0 Å². The molecule has 0 saturated carbocycles. The van der Waals surface area contributed by atoms with E-state index in [-0.39, 0.29) is 0 Å². The number of hydrogen-bond donors (Lipinski definition) is 0. The molecule has 0 bridgehead atoms. The number of nitrogens with zero attached hydrogens (tertiary/aromatic N) is 3. The molecule has 5 nitrogen and oxygen atoms in total. The summed E-state index contributed by atoms with van der Waals surface area (Å²) in [7, 11) is 0. The molecular formula is C31H37N3O2. The number of carbonyl (C=O) groups excluding carboxylic acids is 1. The lowest BCUT2D eigenvalue weighted by Crippen LogP contribution is -2.19. The molecule has 0 aliphatic carbocycles. The Kier molecular flexibility index (Phi) is 11.1. The Morgan fingerprint density at radius 2 is 1.36 bits per heavy atom. The van der Waals surface area contributed by atoms with Gasteiger partial charge in [-0.05, 0) is 48.1 Å². The number of benzene rings is 2. The number of carbonyl (C=O) groups is 1. The quantitative estimate of drug-likeness (QED) is 0.132. The van der Waals surface area contributed by atoms with E-state index in [1.54, 1.807) is 12.1 Å². The molecule has 3 rings (SSSR count). The smallest absolute Gasteiger partial charge is 0.328 e. The van der Waals surface area contributed by atoms with Crippen molar-refractivity contribution < 1.29 is 9.53 Å². The Morgan fingerprint density at radius 1 is 0.806 bits per heavy atom. The van der Waals surface area contributed by atoms with Crippen LogP contribution in [-0.4, -0.2) is 15.9 Å². The molecule has 0 N–H and O–H groups in total. The van der Waals surface area contributed by atoms with Crippen molar-refractivity contribution in [1.82, 2.24) is 9.97 Å². The first-order chi connectivity index (χ1) is 17.6. The predicted octanol–water partition coefficient (Wildman–Crippen LogP) is 7.95. The molecule has 0 fully saturated rings. The number of nitriles is 1. The van der Waals surface area contributed by atoms with E-state index in [1.165, 1.54) is 44.1 Å². The van der Waals surface area contributed by atoms with E-state index in [0.29, 0.717) is 12.2 Å². The highest BCUT2D eigenvalue weighted by Gasteiger charge is 2.19. The van der Waals surface area contributed by atoms with E-state index < -0.39 is 11.9 Å². The second kappa shape index (κ2) is 14.8. The van der Waals surface area contributed by atoms with Gasteiger partial charge in [0.25, 0.3) is 0 Å². The van der Waals surface area contributed by atoms with E-state index in [2.05, 4.69) is 16.9 Å². The molecule has 0 radical (unpaired) electrons. The van der Waals surface area contributed by atoms with E-state index >= 15 is 0 Å². The molecule has 188 valence electrons. The lowest BCUT2D eigenvalue weighted by molar-refractivity contribution is -0.137.